The summed E-state index contributed by atoms with van der Waals surface area (Å²) in [6, 6.07) is 1.90. The van der Waals surface area contributed by atoms with Gasteiger partial charge in [0.25, 0.3) is 5.95 Å². The molecule has 3 aromatic heterocycles. The molecule has 0 aromatic carbocycles. The maximum Gasteiger partial charge on any atom is 0.251 e. The number of ketones is 1. The van der Waals surface area contributed by atoms with E-state index in [0.29, 0.717) is 16.8 Å². The number of carbonyl (C=O) groups excluding carboxylic acids is 2. The van der Waals surface area contributed by atoms with E-state index in [0.717, 1.165) is 28.3 Å². The normalized spacial score (nSPS) is 10.9. The zero-order valence-electron chi connectivity index (χ0n) is 15.8. The molecule has 1 amide bonds. The Morgan fingerprint density at radius 2 is 1.78 bits per heavy atom. The van der Waals surface area contributed by atoms with Crippen molar-refractivity contribution < 1.29 is 9.59 Å². The molecule has 0 unspecified atom stereocenters. The molecule has 0 aliphatic heterocycles. The fourth-order valence-electron chi connectivity index (χ4n) is 2.74. The molecule has 3 aromatic rings. The quantitative estimate of drug-likeness (QED) is 0.679. The van der Waals surface area contributed by atoms with Gasteiger partial charge in [-0.3, -0.25) is 9.59 Å². The Kier molecular flexibility index (Phi) is 5.13. The monoisotopic (exact) mass is 384 g/mol. The number of Topliss-reactive ketones (excluding diaryl/α,β-unsaturated/α-hetero) is 1. The van der Waals surface area contributed by atoms with Gasteiger partial charge in [0.05, 0.1) is 12.1 Å². The second-order valence-electron chi connectivity index (χ2n) is 6.33. The zero-order valence-corrected chi connectivity index (χ0v) is 16.6. The van der Waals surface area contributed by atoms with E-state index in [4.69, 9.17) is 0 Å². The van der Waals surface area contributed by atoms with Crippen LogP contribution < -0.4 is 5.32 Å². The second-order valence-corrected chi connectivity index (χ2v) is 7.19. The van der Waals surface area contributed by atoms with Crippen LogP contribution in [0.3, 0.4) is 0 Å². The van der Waals surface area contributed by atoms with Crippen molar-refractivity contribution in [3.8, 4) is 5.95 Å². The van der Waals surface area contributed by atoms with Gasteiger partial charge in [0.15, 0.2) is 10.9 Å². The largest absolute Gasteiger partial charge is 0.302 e. The molecule has 0 aliphatic carbocycles. The first-order valence-corrected chi connectivity index (χ1v) is 9.26. The van der Waals surface area contributed by atoms with Gasteiger partial charge in [0, 0.05) is 34.9 Å². The minimum atomic E-state index is -0.216. The van der Waals surface area contributed by atoms with Crippen molar-refractivity contribution in [2.24, 2.45) is 0 Å². The average Bonchev–Trinajstić information content (AvgIpc) is 3.14. The summed E-state index contributed by atoms with van der Waals surface area (Å²) in [5, 5.41) is 9.28. The van der Waals surface area contributed by atoms with E-state index < -0.39 is 0 Å². The molecule has 0 bridgehead atoms. The number of rotatable bonds is 5. The molecule has 0 fully saturated rings. The van der Waals surface area contributed by atoms with Crippen LogP contribution in [-0.4, -0.2) is 36.4 Å². The van der Waals surface area contributed by atoms with Gasteiger partial charge in [-0.25, -0.2) is 19.6 Å². The summed E-state index contributed by atoms with van der Waals surface area (Å²) in [6.45, 7) is 8.99. The van der Waals surface area contributed by atoms with E-state index in [2.05, 4.69) is 25.4 Å². The number of aromatic nitrogens is 5. The molecule has 0 atom stereocenters. The topological polar surface area (TPSA) is 103 Å². The van der Waals surface area contributed by atoms with E-state index in [9.17, 15) is 9.59 Å². The lowest BCUT2D eigenvalue weighted by Gasteiger charge is -2.06. The number of thiazole rings is 1. The van der Waals surface area contributed by atoms with E-state index >= 15 is 0 Å². The molecule has 0 saturated heterocycles. The summed E-state index contributed by atoms with van der Waals surface area (Å²) in [6.07, 6.45) is 0.150. The van der Waals surface area contributed by atoms with Crippen LogP contribution >= 0.6 is 11.3 Å². The van der Waals surface area contributed by atoms with Crippen molar-refractivity contribution in [1.82, 2.24) is 24.7 Å². The van der Waals surface area contributed by atoms with Crippen molar-refractivity contribution in [2.45, 2.75) is 41.0 Å². The molecule has 9 heteroatoms. The Balaban J connectivity index is 1.81. The molecule has 0 spiro atoms. The van der Waals surface area contributed by atoms with E-state index in [1.165, 1.54) is 18.3 Å². The van der Waals surface area contributed by atoms with E-state index in [-0.39, 0.29) is 18.1 Å². The Morgan fingerprint density at radius 1 is 1.11 bits per heavy atom. The van der Waals surface area contributed by atoms with Crippen LogP contribution in [0.4, 0.5) is 5.13 Å². The summed E-state index contributed by atoms with van der Waals surface area (Å²) >= 11 is 1.23. The van der Waals surface area contributed by atoms with Crippen LogP contribution in [0.1, 0.15) is 45.8 Å². The van der Waals surface area contributed by atoms with Gasteiger partial charge >= 0.3 is 0 Å². The highest BCUT2D eigenvalue weighted by molar-refractivity contribution is 7.14. The smallest absolute Gasteiger partial charge is 0.251 e. The highest BCUT2D eigenvalue weighted by atomic mass is 32.1. The highest BCUT2D eigenvalue weighted by Gasteiger charge is 2.18. The maximum absolute atomic E-state index is 12.4. The third-order valence-electron chi connectivity index (χ3n) is 4.05. The maximum atomic E-state index is 12.4. The SMILES string of the molecule is CC(=O)c1csc(NC(=O)Cc2c(C)nn(-c3nc(C)cc(C)n3)c2C)n1. The number of aryl methyl sites for hydroxylation is 3. The highest BCUT2D eigenvalue weighted by Crippen LogP contribution is 2.19. The molecular formula is C18H20N6O2S. The third-order valence-corrected chi connectivity index (χ3v) is 4.81. The van der Waals surface area contributed by atoms with Gasteiger partial charge in [0.2, 0.25) is 5.91 Å². The molecule has 3 rings (SSSR count). The fourth-order valence-corrected chi connectivity index (χ4v) is 3.51. The zero-order chi connectivity index (χ0) is 19.7. The number of anilines is 1. The van der Waals surface area contributed by atoms with Crippen LogP contribution in [0.2, 0.25) is 0 Å². The summed E-state index contributed by atoms with van der Waals surface area (Å²) < 4.78 is 1.66. The number of hydrogen-bond donors (Lipinski definition) is 1. The molecule has 0 saturated carbocycles. The number of carbonyl (C=O) groups is 2. The summed E-state index contributed by atoms with van der Waals surface area (Å²) in [4.78, 5) is 36.7. The fraction of sp³-hybridized carbons (Fsp3) is 0.333. The molecular weight excluding hydrogens is 364 g/mol. The predicted molar refractivity (Wildman–Crippen MR) is 103 cm³/mol. The standard InChI is InChI=1S/C18H20N6O2S/c1-9-6-10(2)20-17(19-9)24-12(4)14(11(3)23-24)7-16(26)22-18-21-15(8-27-18)13(5)25/h6,8H,7H2,1-5H3,(H,21,22,26). The Morgan fingerprint density at radius 3 is 2.37 bits per heavy atom. The van der Waals surface area contributed by atoms with E-state index in [1.807, 2.05) is 33.8 Å². The van der Waals surface area contributed by atoms with Gasteiger partial charge in [-0.1, -0.05) is 0 Å². The lowest BCUT2D eigenvalue weighted by atomic mass is 10.1. The van der Waals surface area contributed by atoms with Crippen LogP contribution in [0, 0.1) is 27.7 Å². The first-order valence-electron chi connectivity index (χ1n) is 8.38. The Bertz CT molecular complexity index is 1020. The first-order chi connectivity index (χ1) is 12.7. The van der Waals surface area contributed by atoms with Gasteiger partial charge in [-0.15, -0.1) is 11.3 Å². The number of hydrogen-bond acceptors (Lipinski definition) is 7. The summed E-state index contributed by atoms with van der Waals surface area (Å²) in [5.74, 6) is 0.144. The lowest BCUT2D eigenvalue weighted by Crippen LogP contribution is -2.15. The molecule has 0 radical (unpaired) electrons. The van der Waals surface area contributed by atoms with Gasteiger partial charge in [0.1, 0.15) is 5.69 Å². The first kappa shape index (κ1) is 18.8. The van der Waals surface area contributed by atoms with Gasteiger partial charge in [-0.2, -0.15) is 5.10 Å². The molecule has 0 aliphatic rings. The van der Waals surface area contributed by atoms with Crippen molar-refractivity contribution in [1.29, 1.82) is 0 Å². The Hall–Kier alpha value is -2.94. The van der Waals surface area contributed by atoms with Crippen molar-refractivity contribution in [3.05, 3.63) is 45.5 Å². The van der Waals surface area contributed by atoms with Crippen LogP contribution in [0.5, 0.6) is 0 Å². The van der Waals surface area contributed by atoms with Crippen molar-refractivity contribution in [3.63, 3.8) is 0 Å². The second kappa shape index (κ2) is 7.36. The average molecular weight is 384 g/mol. The number of amides is 1. The van der Waals surface area contributed by atoms with Gasteiger partial charge < -0.3 is 5.32 Å². The minimum absolute atomic E-state index is 0.131. The predicted octanol–water partition coefficient (Wildman–Crippen LogP) is 2.74. The minimum Gasteiger partial charge on any atom is -0.302 e. The van der Waals surface area contributed by atoms with Crippen LogP contribution in [0.25, 0.3) is 5.95 Å². The van der Waals surface area contributed by atoms with Crippen LogP contribution in [0.15, 0.2) is 11.4 Å². The molecule has 27 heavy (non-hydrogen) atoms. The van der Waals surface area contributed by atoms with Crippen LogP contribution in [-0.2, 0) is 11.2 Å². The lowest BCUT2D eigenvalue weighted by molar-refractivity contribution is -0.115. The summed E-state index contributed by atoms with van der Waals surface area (Å²) in [7, 11) is 0. The van der Waals surface area contributed by atoms with E-state index in [1.54, 1.807) is 10.1 Å². The number of nitrogens with zero attached hydrogens (tertiary/aromatic N) is 5. The number of nitrogens with one attached hydrogen (secondary N) is 1. The van der Waals surface area contributed by atoms with Crippen molar-refractivity contribution in [2.75, 3.05) is 5.32 Å². The molecule has 8 nitrogen and oxygen atoms in total. The Labute approximate surface area is 160 Å². The third kappa shape index (κ3) is 4.08. The summed E-state index contributed by atoms with van der Waals surface area (Å²) in [5.41, 5.74) is 4.44. The van der Waals surface area contributed by atoms with Gasteiger partial charge in [-0.05, 0) is 33.8 Å². The molecule has 3 heterocycles. The van der Waals surface area contributed by atoms with Crippen molar-refractivity contribution >= 4 is 28.2 Å². The molecule has 140 valence electrons. The molecule has 1 N–H and O–H groups in total.